The summed E-state index contributed by atoms with van der Waals surface area (Å²) in [6.45, 7) is 6.78. The number of anilines is 1. The molecule has 30 heavy (non-hydrogen) atoms. The second-order valence-electron chi connectivity index (χ2n) is 9.01. The van der Waals surface area contributed by atoms with Gasteiger partial charge in [-0.3, -0.25) is 14.3 Å². The molecule has 2 aromatic heterocycles. The largest absolute Gasteiger partial charge is 0.444 e. The van der Waals surface area contributed by atoms with Crippen molar-refractivity contribution in [3.63, 3.8) is 0 Å². The van der Waals surface area contributed by atoms with Gasteiger partial charge in [-0.2, -0.15) is 0 Å². The Balaban J connectivity index is 1.52. The Labute approximate surface area is 174 Å². The van der Waals surface area contributed by atoms with Crippen molar-refractivity contribution >= 4 is 12.0 Å². The van der Waals surface area contributed by atoms with Gasteiger partial charge in [-0.15, -0.1) is 0 Å². The molecule has 1 aliphatic heterocycles. The third kappa shape index (κ3) is 3.64. The van der Waals surface area contributed by atoms with Crippen LogP contribution >= 0.6 is 0 Å². The zero-order chi connectivity index (χ0) is 21.8. The maximum atomic E-state index is 14.2. The molecule has 2 aromatic rings. The first-order valence-corrected chi connectivity index (χ1v) is 9.95. The molecule has 3 atom stereocenters. The molecule has 1 amide bonds. The second-order valence-corrected chi connectivity index (χ2v) is 9.01. The van der Waals surface area contributed by atoms with Crippen LogP contribution in [0.3, 0.4) is 0 Å². The third-order valence-electron chi connectivity index (χ3n) is 5.72. The molecule has 0 bridgehead atoms. The van der Waals surface area contributed by atoms with E-state index in [1.807, 2.05) is 32.7 Å². The van der Waals surface area contributed by atoms with E-state index in [9.17, 15) is 14.0 Å². The van der Waals surface area contributed by atoms with Crippen LogP contribution in [0.25, 0.3) is 11.3 Å². The third-order valence-corrected chi connectivity index (χ3v) is 5.72. The van der Waals surface area contributed by atoms with Crippen molar-refractivity contribution in [1.29, 1.82) is 0 Å². The first-order valence-electron chi connectivity index (χ1n) is 9.95. The lowest BCUT2D eigenvalue weighted by Crippen LogP contribution is -2.40. The number of fused-ring (bicyclic) bond motifs is 1. The predicted octanol–water partition coefficient (Wildman–Crippen LogP) is 2.28. The molecular weight excluding hydrogens is 389 g/mol. The molecule has 0 N–H and O–H groups in total. The van der Waals surface area contributed by atoms with Crippen molar-refractivity contribution in [2.75, 3.05) is 25.0 Å². The Bertz CT molecular complexity index is 1040. The zero-order valence-corrected chi connectivity index (χ0v) is 17.8. The van der Waals surface area contributed by atoms with Gasteiger partial charge >= 0.3 is 6.09 Å². The molecule has 3 heterocycles. The lowest BCUT2D eigenvalue weighted by atomic mass is 10.2. The molecule has 160 valence electrons. The lowest BCUT2D eigenvalue weighted by molar-refractivity contribution is 0.0271. The molecule has 9 heteroatoms. The fourth-order valence-corrected chi connectivity index (χ4v) is 4.24. The Kier molecular flexibility index (Phi) is 4.79. The van der Waals surface area contributed by atoms with Crippen LogP contribution in [0, 0.1) is 17.7 Å². The van der Waals surface area contributed by atoms with Gasteiger partial charge < -0.3 is 14.5 Å². The molecule has 0 aromatic carbocycles. The maximum Gasteiger partial charge on any atom is 0.410 e. The van der Waals surface area contributed by atoms with Crippen molar-refractivity contribution in [2.45, 2.75) is 32.4 Å². The fourth-order valence-electron chi connectivity index (χ4n) is 4.24. The van der Waals surface area contributed by atoms with E-state index >= 15 is 0 Å². The van der Waals surface area contributed by atoms with Crippen LogP contribution in [-0.2, 0) is 11.8 Å². The van der Waals surface area contributed by atoms with Crippen LogP contribution in [0.15, 0.2) is 29.3 Å². The summed E-state index contributed by atoms with van der Waals surface area (Å²) in [4.78, 5) is 36.8. The van der Waals surface area contributed by atoms with Crippen LogP contribution in [0.5, 0.6) is 0 Å². The molecule has 1 aliphatic carbocycles. The number of hydrogen-bond acceptors (Lipinski definition) is 6. The van der Waals surface area contributed by atoms with E-state index in [0.717, 1.165) is 6.20 Å². The van der Waals surface area contributed by atoms with E-state index < -0.39 is 11.4 Å². The summed E-state index contributed by atoms with van der Waals surface area (Å²) >= 11 is 0. The maximum absolute atomic E-state index is 14.2. The second kappa shape index (κ2) is 7.07. The van der Waals surface area contributed by atoms with Crippen LogP contribution in [0.1, 0.15) is 20.8 Å². The normalized spacial score (nSPS) is 22.6. The number of aromatic nitrogens is 3. The van der Waals surface area contributed by atoms with Crippen LogP contribution < -0.4 is 10.5 Å². The van der Waals surface area contributed by atoms with E-state index in [2.05, 4.69) is 9.97 Å². The monoisotopic (exact) mass is 415 g/mol. The first-order chi connectivity index (χ1) is 14.1. The summed E-state index contributed by atoms with van der Waals surface area (Å²) in [7, 11) is 3.54. The summed E-state index contributed by atoms with van der Waals surface area (Å²) in [5.41, 5.74) is -0.269. The van der Waals surface area contributed by atoms with Gasteiger partial charge in [0.2, 0.25) is 5.95 Å². The quantitative estimate of drug-likeness (QED) is 0.765. The van der Waals surface area contributed by atoms with Crippen LogP contribution in [0.2, 0.25) is 0 Å². The minimum absolute atomic E-state index is 0.166. The van der Waals surface area contributed by atoms with Crippen molar-refractivity contribution in [3.8, 4) is 11.3 Å². The molecular formula is C21H26FN5O3. The van der Waals surface area contributed by atoms with Gasteiger partial charge in [0.1, 0.15) is 5.60 Å². The fraction of sp³-hybridized carbons (Fsp3) is 0.524. The number of halogens is 1. The Morgan fingerprint density at radius 1 is 1.30 bits per heavy atom. The van der Waals surface area contributed by atoms with Gasteiger partial charge in [-0.1, -0.05) is 0 Å². The average Bonchev–Trinajstić information content (AvgIpc) is 3.15. The Morgan fingerprint density at radius 2 is 1.97 bits per heavy atom. The van der Waals surface area contributed by atoms with E-state index in [0.29, 0.717) is 30.9 Å². The van der Waals surface area contributed by atoms with Crippen LogP contribution in [-0.4, -0.2) is 57.3 Å². The number of piperidine rings is 1. The molecule has 1 saturated carbocycles. The highest BCUT2D eigenvalue weighted by atomic mass is 19.1. The minimum atomic E-state index is -0.525. The van der Waals surface area contributed by atoms with Gasteiger partial charge in [0.25, 0.3) is 5.56 Å². The standard InChI is InChI=1S/C21H26FN5O3/c1-21(2,3)30-20(29)27-10-13-14(11-27)18(13)26(5)19-24-16(8-17(28)25(19)4)12-6-7-23-9-15(12)22/h6-9,13-14,18H,10-11H2,1-5H3/t13-,14+,18+. The first kappa shape index (κ1) is 20.3. The number of carbonyl (C=O) groups is 1. The van der Waals surface area contributed by atoms with Crippen molar-refractivity contribution in [2.24, 2.45) is 18.9 Å². The number of nitrogens with zero attached hydrogens (tertiary/aromatic N) is 5. The van der Waals surface area contributed by atoms with Crippen molar-refractivity contribution < 1.29 is 13.9 Å². The highest BCUT2D eigenvalue weighted by molar-refractivity contribution is 5.69. The Morgan fingerprint density at radius 3 is 2.57 bits per heavy atom. The topological polar surface area (TPSA) is 80.6 Å². The molecule has 1 saturated heterocycles. The molecule has 2 fully saturated rings. The molecule has 4 rings (SSSR count). The number of carbonyl (C=O) groups excluding carboxylic acids is 1. The lowest BCUT2D eigenvalue weighted by Gasteiger charge is -2.28. The molecule has 0 spiro atoms. The SMILES string of the molecule is CN(c1nc(-c2ccncc2F)cc(=O)n1C)[C@H]1[C@@H]2CN(C(=O)OC(C)(C)C)C[C@@H]21. The summed E-state index contributed by atoms with van der Waals surface area (Å²) in [5, 5.41) is 0. The summed E-state index contributed by atoms with van der Waals surface area (Å²) < 4.78 is 21.1. The summed E-state index contributed by atoms with van der Waals surface area (Å²) in [6.07, 6.45) is 2.28. The predicted molar refractivity (Wildman–Crippen MR) is 110 cm³/mol. The van der Waals surface area contributed by atoms with Crippen molar-refractivity contribution in [3.05, 3.63) is 40.7 Å². The van der Waals surface area contributed by atoms with E-state index in [4.69, 9.17) is 4.74 Å². The molecule has 0 radical (unpaired) electrons. The van der Waals surface area contributed by atoms with E-state index in [-0.39, 0.29) is 29.0 Å². The number of likely N-dealkylation sites (tertiary alicyclic amines) is 1. The summed E-state index contributed by atoms with van der Waals surface area (Å²) in [6, 6.07) is 3.00. The number of hydrogen-bond donors (Lipinski definition) is 0. The number of pyridine rings is 1. The molecule has 2 aliphatic rings. The van der Waals surface area contributed by atoms with Gasteiger partial charge in [-0.05, 0) is 26.8 Å². The molecule has 8 nitrogen and oxygen atoms in total. The number of amides is 1. The number of ether oxygens (including phenoxy) is 1. The number of rotatable bonds is 3. The van der Waals surface area contributed by atoms with Gasteiger partial charge in [0.05, 0.1) is 11.9 Å². The van der Waals surface area contributed by atoms with Crippen molar-refractivity contribution in [1.82, 2.24) is 19.4 Å². The summed E-state index contributed by atoms with van der Waals surface area (Å²) in [5.74, 6) is 0.529. The highest BCUT2D eigenvalue weighted by Gasteiger charge is 2.59. The molecule has 0 unspecified atom stereocenters. The Hall–Kier alpha value is -2.97. The highest BCUT2D eigenvalue weighted by Crippen LogP contribution is 2.49. The van der Waals surface area contributed by atoms with Gasteiger partial charge in [0.15, 0.2) is 5.82 Å². The van der Waals surface area contributed by atoms with E-state index in [1.165, 1.54) is 22.9 Å². The van der Waals surface area contributed by atoms with Gasteiger partial charge in [-0.25, -0.2) is 14.2 Å². The zero-order valence-electron chi connectivity index (χ0n) is 17.8. The van der Waals surface area contributed by atoms with Crippen LogP contribution in [0.4, 0.5) is 15.1 Å². The minimum Gasteiger partial charge on any atom is -0.444 e. The van der Waals surface area contributed by atoms with E-state index in [1.54, 1.807) is 11.9 Å². The van der Waals surface area contributed by atoms with Gasteiger partial charge in [0, 0.05) is 62.9 Å². The smallest absolute Gasteiger partial charge is 0.410 e. The average molecular weight is 415 g/mol.